The average molecular weight is 332 g/mol. The molecule has 1 aromatic rings. The SMILES string of the molecule is CC(C)CCNC1CCc2c(c(C(=O)N3CCCCC3)nn2C)C1. The molecule has 1 aliphatic carbocycles. The van der Waals surface area contributed by atoms with Crippen LogP contribution in [0.25, 0.3) is 0 Å². The van der Waals surface area contributed by atoms with E-state index in [9.17, 15) is 4.79 Å². The second-order valence-electron chi connectivity index (χ2n) is 7.83. The number of fused-ring (bicyclic) bond motifs is 1. The zero-order valence-electron chi connectivity index (χ0n) is 15.5. The third kappa shape index (κ3) is 3.82. The highest BCUT2D eigenvalue weighted by Crippen LogP contribution is 2.26. The lowest BCUT2D eigenvalue weighted by Gasteiger charge is -2.28. The van der Waals surface area contributed by atoms with Crippen LogP contribution in [0.3, 0.4) is 0 Å². The van der Waals surface area contributed by atoms with Crippen LogP contribution in [0.5, 0.6) is 0 Å². The predicted molar refractivity (Wildman–Crippen MR) is 96.2 cm³/mol. The minimum absolute atomic E-state index is 0.148. The van der Waals surface area contributed by atoms with Gasteiger partial charge in [0.05, 0.1) is 0 Å². The van der Waals surface area contributed by atoms with Gasteiger partial charge in [0.15, 0.2) is 5.69 Å². The smallest absolute Gasteiger partial charge is 0.274 e. The first-order chi connectivity index (χ1) is 11.6. The lowest BCUT2D eigenvalue weighted by molar-refractivity contribution is 0.0716. The molecule has 2 heterocycles. The molecule has 0 radical (unpaired) electrons. The summed E-state index contributed by atoms with van der Waals surface area (Å²) in [6.45, 7) is 7.36. The van der Waals surface area contributed by atoms with Crippen LogP contribution >= 0.6 is 0 Å². The monoisotopic (exact) mass is 332 g/mol. The minimum Gasteiger partial charge on any atom is -0.337 e. The van der Waals surface area contributed by atoms with Gasteiger partial charge in [-0.1, -0.05) is 13.8 Å². The van der Waals surface area contributed by atoms with E-state index in [0.717, 1.165) is 57.7 Å². The van der Waals surface area contributed by atoms with Crippen LogP contribution in [0.4, 0.5) is 0 Å². The first-order valence-electron chi connectivity index (χ1n) is 9.63. The van der Waals surface area contributed by atoms with Crippen molar-refractivity contribution in [3.05, 3.63) is 17.0 Å². The Bertz CT molecular complexity index is 572. The van der Waals surface area contributed by atoms with Gasteiger partial charge >= 0.3 is 0 Å². The quantitative estimate of drug-likeness (QED) is 0.901. The van der Waals surface area contributed by atoms with Crippen molar-refractivity contribution in [1.29, 1.82) is 0 Å². The molecular weight excluding hydrogens is 300 g/mol. The van der Waals surface area contributed by atoms with Crippen LogP contribution < -0.4 is 5.32 Å². The fourth-order valence-corrected chi connectivity index (χ4v) is 3.96. The van der Waals surface area contributed by atoms with Crippen LogP contribution in [0.1, 0.15) is 67.7 Å². The summed E-state index contributed by atoms with van der Waals surface area (Å²) in [6.07, 6.45) is 7.80. The fourth-order valence-electron chi connectivity index (χ4n) is 3.96. The summed E-state index contributed by atoms with van der Waals surface area (Å²) in [6, 6.07) is 0.480. The van der Waals surface area contributed by atoms with Crippen LogP contribution in [0.15, 0.2) is 0 Å². The number of amides is 1. The van der Waals surface area contributed by atoms with Gasteiger partial charge in [-0.2, -0.15) is 5.10 Å². The van der Waals surface area contributed by atoms with E-state index in [2.05, 4.69) is 24.3 Å². The molecule has 1 atom stereocenters. The first-order valence-corrected chi connectivity index (χ1v) is 9.63. The Kier molecular flexibility index (Phi) is 5.59. The molecule has 0 spiro atoms. The number of likely N-dealkylation sites (tertiary alicyclic amines) is 1. The van der Waals surface area contributed by atoms with Gasteiger partial charge in [-0.3, -0.25) is 9.48 Å². The molecule has 1 N–H and O–H groups in total. The highest BCUT2D eigenvalue weighted by atomic mass is 16.2. The van der Waals surface area contributed by atoms with Crippen molar-refractivity contribution in [3.63, 3.8) is 0 Å². The number of aryl methyl sites for hydroxylation is 1. The Labute approximate surface area is 145 Å². The number of aromatic nitrogens is 2. The molecule has 1 fully saturated rings. The summed E-state index contributed by atoms with van der Waals surface area (Å²) in [5, 5.41) is 8.29. The van der Waals surface area contributed by atoms with E-state index in [0.29, 0.717) is 11.7 Å². The zero-order valence-corrected chi connectivity index (χ0v) is 15.5. The maximum atomic E-state index is 12.9. The van der Waals surface area contributed by atoms with Crippen LogP contribution in [0, 0.1) is 5.92 Å². The lowest BCUT2D eigenvalue weighted by atomic mass is 9.90. The number of nitrogens with zero attached hydrogens (tertiary/aromatic N) is 3. The van der Waals surface area contributed by atoms with Crippen molar-refractivity contribution in [2.45, 2.75) is 64.8 Å². The Hall–Kier alpha value is -1.36. The molecule has 1 saturated heterocycles. The molecule has 24 heavy (non-hydrogen) atoms. The van der Waals surface area contributed by atoms with Gasteiger partial charge in [-0.05, 0) is 57.4 Å². The van der Waals surface area contributed by atoms with Gasteiger partial charge in [0, 0.05) is 37.4 Å². The Morgan fingerprint density at radius 3 is 2.75 bits per heavy atom. The number of hydrogen-bond donors (Lipinski definition) is 1. The van der Waals surface area contributed by atoms with Crippen molar-refractivity contribution in [2.24, 2.45) is 13.0 Å². The Morgan fingerprint density at radius 2 is 2.04 bits per heavy atom. The second-order valence-corrected chi connectivity index (χ2v) is 7.83. The third-order valence-electron chi connectivity index (χ3n) is 5.46. The number of hydrogen-bond acceptors (Lipinski definition) is 3. The fraction of sp³-hybridized carbons (Fsp3) is 0.789. The summed E-state index contributed by atoms with van der Waals surface area (Å²) in [7, 11) is 1.98. The highest BCUT2D eigenvalue weighted by molar-refractivity contribution is 5.94. The molecule has 0 bridgehead atoms. The van der Waals surface area contributed by atoms with Crippen molar-refractivity contribution >= 4 is 5.91 Å². The maximum absolute atomic E-state index is 12.9. The van der Waals surface area contributed by atoms with E-state index in [4.69, 9.17) is 0 Å². The molecule has 1 unspecified atom stereocenters. The third-order valence-corrected chi connectivity index (χ3v) is 5.46. The molecule has 5 nitrogen and oxygen atoms in total. The van der Waals surface area contributed by atoms with Gasteiger partial charge in [0.1, 0.15) is 0 Å². The van der Waals surface area contributed by atoms with Crippen LogP contribution in [-0.4, -0.2) is 46.3 Å². The number of carbonyl (C=O) groups is 1. The molecule has 3 rings (SSSR count). The van der Waals surface area contributed by atoms with Crippen LogP contribution in [-0.2, 0) is 19.9 Å². The van der Waals surface area contributed by atoms with Crippen molar-refractivity contribution in [1.82, 2.24) is 20.0 Å². The largest absolute Gasteiger partial charge is 0.337 e. The summed E-state index contributed by atoms with van der Waals surface area (Å²) < 4.78 is 1.94. The van der Waals surface area contributed by atoms with Crippen molar-refractivity contribution in [3.8, 4) is 0 Å². The molecule has 134 valence electrons. The van der Waals surface area contributed by atoms with E-state index in [1.54, 1.807) is 0 Å². The molecule has 2 aliphatic rings. The highest BCUT2D eigenvalue weighted by Gasteiger charge is 2.30. The van der Waals surface area contributed by atoms with Gasteiger partial charge in [0.25, 0.3) is 5.91 Å². The molecule has 5 heteroatoms. The average Bonchev–Trinajstić information content (AvgIpc) is 2.91. The van der Waals surface area contributed by atoms with Crippen molar-refractivity contribution in [2.75, 3.05) is 19.6 Å². The Morgan fingerprint density at radius 1 is 1.29 bits per heavy atom. The molecule has 0 aromatic carbocycles. The number of nitrogens with one attached hydrogen (secondary N) is 1. The molecule has 0 saturated carbocycles. The van der Waals surface area contributed by atoms with E-state index >= 15 is 0 Å². The maximum Gasteiger partial charge on any atom is 0.274 e. The number of piperidine rings is 1. The van der Waals surface area contributed by atoms with E-state index in [-0.39, 0.29) is 5.91 Å². The molecular formula is C19H32N4O. The van der Waals surface area contributed by atoms with E-state index in [1.807, 2.05) is 16.6 Å². The van der Waals surface area contributed by atoms with Crippen molar-refractivity contribution < 1.29 is 4.79 Å². The number of carbonyl (C=O) groups excluding carboxylic acids is 1. The summed E-state index contributed by atoms with van der Waals surface area (Å²) in [5.41, 5.74) is 3.17. The molecule has 1 aliphatic heterocycles. The molecule has 1 amide bonds. The summed E-state index contributed by atoms with van der Waals surface area (Å²) in [5.74, 6) is 0.876. The lowest BCUT2D eigenvalue weighted by Crippen LogP contribution is -2.38. The predicted octanol–water partition coefficient (Wildman–Crippen LogP) is 2.54. The topological polar surface area (TPSA) is 50.2 Å². The standard InChI is InChI=1S/C19H32N4O/c1-14(2)9-10-20-15-7-8-17-16(13-15)18(21-22(17)3)19(24)23-11-5-4-6-12-23/h14-15,20H,4-13H2,1-3H3. The Balaban J connectivity index is 1.70. The van der Waals surface area contributed by atoms with Gasteiger partial charge in [0.2, 0.25) is 0 Å². The molecule has 1 aromatic heterocycles. The minimum atomic E-state index is 0.148. The van der Waals surface area contributed by atoms with Gasteiger partial charge in [-0.15, -0.1) is 0 Å². The zero-order chi connectivity index (χ0) is 17.1. The van der Waals surface area contributed by atoms with Gasteiger partial charge in [-0.25, -0.2) is 0 Å². The summed E-state index contributed by atoms with van der Waals surface area (Å²) in [4.78, 5) is 14.9. The van der Waals surface area contributed by atoms with E-state index in [1.165, 1.54) is 24.1 Å². The van der Waals surface area contributed by atoms with Gasteiger partial charge < -0.3 is 10.2 Å². The van der Waals surface area contributed by atoms with Crippen LogP contribution in [0.2, 0.25) is 0 Å². The van der Waals surface area contributed by atoms with E-state index < -0.39 is 0 Å². The number of rotatable bonds is 5. The first kappa shape index (κ1) is 17.5. The summed E-state index contributed by atoms with van der Waals surface area (Å²) >= 11 is 0. The normalized spacial score (nSPS) is 21.2. The second kappa shape index (κ2) is 7.68.